The van der Waals surface area contributed by atoms with E-state index in [0.717, 1.165) is 51.4 Å². The Kier molecular flexibility index (Phi) is 38.5. The Morgan fingerprint density at radius 3 is 1.54 bits per heavy atom. The molecule has 0 aromatic carbocycles. The highest BCUT2D eigenvalue weighted by molar-refractivity contribution is 5.76. The van der Waals surface area contributed by atoms with Crippen LogP contribution in [-0.2, 0) is 23.7 Å². The largest absolute Gasteiger partial charge is 0.394 e. The van der Waals surface area contributed by atoms with E-state index in [1.54, 1.807) is 6.08 Å². The van der Waals surface area contributed by atoms with Crippen LogP contribution in [0, 0.1) is 0 Å². The highest BCUT2D eigenvalue weighted by Crippen LogP contribution is 2.30. The molecule has 0 aromatic heterocycles. The van der Waals surface area contributed by atoms with Crippen LogP contribution in [-0.4, -0.2) is 140 Å². The molecule has 2 heterocycles. The van der Waals surface area contributed by atoms with Crippen LogP contribution in [0.25, 0.3) is 0 Å². The van der Waals surface area contributed by atoms with Gasteiger partial charge in [-0.3, -0.25) is 4.79 Å². The fourth-order valence-electron chi connectivity index (χ4n) is 8.39. The van der Waals surface area contributed by atoms with Gasteiger partial charge in [0.25, 0.3) is 0 Å². The molecule has 71 heavy (non-hydrogen) atoms. The number of hydrogen-bond donors (Lipinski definition) is 9. The summed E-state index contributed by atoms with van der Waals surface area (Å²) in [5.41, 5.74) is 0. The molecular formula is C57H97NO13. The highest BCUT2D eigenvalue weighted by Gasteiger charge is 2.51. The molecule has 2 aliphatic heterocycles. The third-order valence-corrected chi connectivity index (χ3v) is 12.8. The van der Waals surface area contributed by atoms with Crippen molar-refractivity contribution in [2.75, 3.05) is 19.8 Å². The van der Waals surface area contributed by atoms with Crippen LogP contribution in [0.1, 0.15) is 174 Å². The molecule has 0 bridgehead atoms. The maximum atomic E-state index is 13.1. The fourth-order valence-corrected chi connectivity index (χ4v) is 8.39. The monoisotopic (exact) mass is 1000 g/mol. The standard InChI is InChI=1S/C57H97NO13/c1-3-5-7-9-11-13-15-17-18-19-20-21-22-23-24-25-26-27-29-30-32-34-36-38-40-46(61)45(58-49(62)41-39-37-35-33-31-28-16-14-12-10-8-6-4-2)44-68-56-54(67)52(65)55(48(43-60)70-56)71-57-53(66)51(64)50(63)47(42-59)69-57/h6,8,12,14,25-26,28,30-32,35,37-38,40,45-48,50-57,59-61,63-67H,3-5,7,9-11,13,15-24,27,29,33-34,36,39,41-44H2,1-2H3,(H,58,62)/b8-6-,14-12-,26-25+,31-28-,32-30+,37-35-,40-38+. The van der Waals surface area contributed by atoms with Crippen LogP contribution in [0.2, 0.25) is 0 Å². The van der Waals surface area contributed by atoms with Crippen molar-refractivity contribution in [2.24, 2.45) is 0 Å². The zero-order chi connectivity index (χ0) is 51.7. The van der Waals surface area contributed by atoms with E-state index in [1.165, 1.54) is 89.9 Å². The Labute approximate surface area is 427 Å². The van der Waals surface area contributed by atoms with E-state index in [0.29, 0.717) is 12.8 Å². The van der Waals surface area contributed by atoms with Gasteiger partial charge in [-0.2, -0.15) is 0 Å². The van der Waals surface area contributed by atoms with Crippen LogP contribution >= 0.6 is 0 Å². The molecule has 14 heteroatoms. The zero-order valence-electron chi connectivity index (χ0n) is 43.4. The Morgan fingerprint density at radius 1 is 0.521 bits per heavy atom. The Hall–Kier alpha value is -2.83. The highest BCUT2D eigenvalue weighted by atomic mass is 16.7. The Bertz CT molecular complexity index is 1510. The number of nitrogens with one attached hydrogen (secondary N) is 1. The van der Waals surface area contributed by atoms with Crippen molar-refractivity contribution in [3.05, 3.63) is 85.1 Å². The molecule has 2 fully saturated rings. The molecule has 0 aromatic rings. The molecule has 408 valence electrons. The number of rotatable bonds is 41. The maximum Gasteiger partial charge on any atom is 0.220 e. The number of unbranched alkanes of at least 4 members (excludes halogenated alkanes) is 16. The van der Waals surface area contributed by atoms with Gasteiger partial charge in [0.2, 0.25) is 5.91 Å². The number of carbonyl (C=O) groups excluding carboxylic acids is 1. The topological polar surface area (TPSA) is 228 Å². The molecule has 12 atom stereocenters. The van der Waals surface area contributed by atoms with Crippen molar-refractivity contribution in [3.8, 4) is 0 Å². The normalized spacial score (nSPS) is 26.5. The van der Waals surface area contributed by atoms with Crippen LogP contribution in [0.15, 0.2) is 85.1 Å². The SMILES string of the molecule is CC/C=C\C/C=C\C/C=C\C/C=C\CCC(=O)NC(COC1OC(CO)C(OC2OC(CO)C(O)C(O)C2O)C(O)C1O)C(O)/C=C/CC/C=C/CC/C=C/CCCCCCCCCCCCCCCC. The van der Waals surface area contributed by atoms with Crippen LogP contribution in [0.5, 0.6) is 0 Å². The molecule has 2 aliphatic rings. The molecule has 0 radical (unpaired) electrons. The minimum atomic E-state index is -1.80. The van der Waals surface area contributed by atoms with Gasteiger partial charge >= 0.3 is 0 Å². The van der Waals surface area contributed by atoms with E-state index in [2.05, 4.69) is 79.9 Å². The molecule has 2 saturated heterocycles. The van der Waals surface area contributed by atoms with Crippen molar-refractivity contribution in [2.45, 2.75) is 248 Å². The summed E-state index contributed by atoms with van der Waals surface area (Å²) in [6.45, 7) is 2.58. The first kappa shape index (κ1) is 64.3. The second kappa shape index (κ2) is 42.5. The van der Waals surface area contributed by atoms with Crippen LogP contribution in [0.4, 0.5) is 0 Å². The number of hydrogen-bond acceptors (Lipinski definition) is 13. The smallest absolute Gasteiger partial charge is 0.220 e. The van der Waals surface area contributed by atoms with E-state index >= 15 is 0 Å². The van der Waals surface area contributed by atoms with Gasteiger partial charge in [-0.05, 0) is 70.6 Å². The predicted molar refractivity (Wildman–Crippen MR) is 281 cm³/mol. The van der Waals surface area contributed by atoms with Gasteiger partial charge in [0, 0.05) is 6.42 Å². The first-order chi connectivity index (χ1) is 34.6. The average molecular weight is 1000 g/mol. The number of amides is 1. The van der Waals surface area contributed by atoms with Crippen LogP contribution in [0.3, 0.4) is 0 Å². The number of carbonyl (C=O) groups is 1. The molecule has 0 saturated carbocycles. The minimum Gasteiger partial charge on any atom is -0.394 e. The molecule has 0 aliphatic carbocycles. The Morgan fingerprint density at radius 2 is 0.986 bits per heavy atom. The van der Waals surface area contributed by atoms with Crippen molar-refractivity contribution < 1.29 is 64.6 Å². The molecular weight excluding hydrogens is 907 g/mol. The van der Waals surface area contributed by atoms with Crippen molar-refractivity contribution >= 4 is 5.91 Å². The first-order valence-electron chi connectivity index (χ1n) is 27.3. The van der Waals surface area contributed by atoms with E-state index in [4.69, 9.17) is 18.9 Å². The van der Waals surface area contributed by atoms with Crippen molar-refractivity contribution in [1.29, 1.82) is 0 Å². The van der Waals surface area contributed by atoms with Gasteiger partial charge in [-0.15, -0.1) is 0 Å². The summed E-state index contributed by atoms with van der Waals surface area (Å²) in [6, 6.07) is -0.980. The third-order valence-electron chi connectivity index (χ3n) is 12.8. The average Bonchev–Trinajstić information content (AvgIpc) is 3.37. The number of allylic oxidation sites excluding steroid dienone is 13. The maximum absolute atomic E-state index is 13.1. The zero-order valence-corrected chi connectivity index (χ0v) is 43.4. The summed E-state index contributed by atoms with van der Waals surface area (Å²) in [7, 11) is 0. The molecule has 12 unspecified atom stereocenters. The molecule has 1 amide bonds. The van der Waals surface area contributed by atoms with Gasteiger partial charge < -0.3 is 65.1 Å². The third kappa shape index (κ3) is 29.0. The summed E-state index contributed by atoms with van der Waals surface area (Å²) in [4.78, 5) is 13.1. The quantitative estimate of drug-likeness (QED) is 0.0208. The van der Waals surface area contributed by atoms with Gasteiger partial charge in [-0.1, -0.05) is 182 Å². The number of aliphatic hydroxyl groups excluding tert-OH is 8. The second-order valence-electron chi connectivity index (χ2n) is 19.0. The molecule has 2 rings (SSSR count). The Balaban J connectivity index is 1.84. The lowest BCUT2D eigenvalue weighted by Gasteiger charge is -2.46. The lowest BCUT2D eigenvalue weighted by molar-refractivity contribution is -0.359. The lowest BCUT2D eigenvalue weighted by Crippen LogP contribution is -2.65. The predicted octanol–water partition coefficient (Wildman–Crippen LogP) is 8.16. The number of ether oxygens (including phenoxy) is 4. The van der Waals surface area contributed by atoms with Crippen molar-refractivity contribution in [3.63, 3.8) is 0 Å². The minimum absolute atomic E-state index is 0.144. The van der Waals surface area contributed by atoms with E-state index in [9.17, 15) is 45.6 Å². The summed E-state index contributed by atoms with van der Waals surface area (Å²) < 4.78 is 22.6. The second-order valence-corrected chi connectivity index (χ2v) is 19.0. The van der Waals surface area contributed by atoms with Gasteiger partial charge in [0.05, 0.1) is 32.0 Å². The van der Waals surface area contributed by atoms with Crippen molar-refractivity contribution in [1.82, 2.24) is 5.32 Å². The molecule has 9 N–H and O–H groups in total. The molecule has 14 nitrogen and oxygen atoms in total. The fraction of sp³-hybridized carbons (Fsp3) is 0.737. The first-order valence-corrected chi connectivity index (χ1v) is 27.3. The van der Waals surface area contributed by atoms with Crippen LogP contribution < -0.4 is 5.32 Å². The van der Waals surface area contributed by atoms with Gasteiger partial charge in [0.15, 0.2) is 12.6 Å². The number of aliphatic hydroxyl groups is 8. The van der Waals surface area contributed by atoms with Gasteiger partial charge in [0.1, 0.15) is 48.8 Å². The van der Waals surface area contributed by atoms with E-state index in [-0.39, 0.29) is 18.9 Å². The van der Waals surface area contributed by atoms with Gasteiger partial charge in [-0.25, -0.2) is 0 Å². The summed E-state index contributed by atoms with van der Waals surface area (Å²) in [6.07, 6.45) is 39.4. The summed E-state index contributed by atoms with van der Waals surface area (Å²) >= 11 is 0. The lowest BCUT2D eigenvalue weighted by atomic mass is 9.97. The van der Waals surface area contributed by atoms with E-state index in [1.807, 2.05) is 18.2 Å². The summed E-state index contributed by atoms with van der Waals surface area (Å²) in [5, 5.41) is 86.7. The van der Waals surface area contributed by atoms with E-state index < -0.39 is 86.8 Å². The molecule has 0 spiro atoms. The summed E-state index contributed by atoms with van der Waals surface area (Å²) in [5.74, 6) is -0.337.